The minimum Gasteiger partial charge on any atom is -0.466 e. The number of allylic oxidation sites excluding steroid dienone is 4. The van der Waals surface area contributed by atoms with Crippen LogP contribution in [0.15, 0.2) is 23.3 Å². The highest BCUT2D eigenvalue weighted by molar-refractivity contribution is 5.65. The van der Waals surface area contributed by atoms with Crippen molar-refractivity contribution < 1.29 is 9.53 Å². The highest BCUT2D eigenvalue weighted by atomic mass is 16.5. The topological polar surface area (TPSA) is 26.3 Å². The fraction of sp³-hybridized carbons (Fsp3) is 0.706. The quantitative estimate of drug-likeness (QED) is 0.461. The van der Waals surface area contributed by atoms with Crippen molar-refractivity contribution in [3.8, 4) is 0 Å². The van der Waals surface area contributed by atoms with Crippen LogP contribution >= 0.6 is 0 Å². The Morgan fingerprint density at radius 1 is 1.11 bits per heavy atom. The maximum absolute atomic E-state index is 10.7. The van der Waals surface area contributed by atoms with Gasteiger partial charge in [0.15, 0.2) is 0 Å². The molecule has 0 unspecified atom stereocenters. The van der Waals surface area contributed by atoms with Crippen molar-refractivity contribution in [1.82, 2.24) is 0 Å². The van der Waals surface area contributed by atoms with Crippen LogP contribution in [0.4, 0.5) is 0 Å². The van der Waals surface area contributed by atoms with Gasteiger partial charge in [-0.15, -0.1) is 0 Å². The van der Waals surface area contributed by atoms with Gasteiger partial charge < -0.3 is 4.74 Å². The minimum atomic E-state index is -0.186. The molecule has 0 aromatic carbocycles. The number of esters is 1. The molecule has 0 rings (SSSR count). The van der Waals surface area contributed by atoms with E-state index in [-0.39, 0.29) is 5.97 Å². The summed E-state index contributed by atoms with van der Waals surface area (Å²) in [6, 6.07) is 0. The third kappa shape index (κ3) is 10.5. The monoisotopic (exact) mass is 266 g/mol. The van der Waals surface area contributed by atoms with Gasteiger partial charge in [-0.05, 0) is 44.9 Å². The summed E-state index contributed by atoms with van der Waals surface area (Å²) < 4.78 is 4.98. The van der Waals surface area contributed by atoms with Crippen LogP contribution in [0, 0.1) is 11.8 Å². The van der Waals surface area contributed by atoms with Crippen LogP contribution in [0.3, 0.4) is 0 Å². The maximum atomic E-state index is 10.7. The number of hydrogen-bond acceptors (Lipinski definition) is 2. The average Bonchev–Trinajstić information content (AvgIpc) is 2.27. The lowest BCUT2D eigenvalue weighted by atomic mass is 9.94. The predicted molar refractivity (Wildman–Crippen MR) is 82.0 cm³/mol. The van der Waals surface area contributed by atoms with Gasteiger partial charge in [-0.25, -0.2) is 0 Å². The zero-order chi connectivity index (χ0) is 14.8. The Labute approximate surface area is 118 Å². The molecule has 0 spiro atoms. The van der Waals surface area contributed by atoms with E-state index in [9.17, 15) is 4.79 Å². The van der Waals surface area contributed by atoms with Crippen molar-refractivity contribution >= 4 is 5.97 Å². The summed E-state index contributed by atoms with van der Waals surface area (Å²) in [6.07, 6.45) is 7.70. The highest BCUT2D eigenvalue weighted by Crippen LogP contribution is 2.19. The molecule has 0 fully saturated rings. The zero-order valence-electron chi connectivity index (χ0n) is 13.5. The normalized spacial score (nSPS) is 13.3. The molecule has 0 aromatic heterocycles. The van der Waals surface area contributed by atoms with Crippen LogP contribution in [0.1, 0.15) is 60.8 Å². The molecule has 0 heterocycles. The second-order valence-electron chi connectivity index (χ2n) is 5.89. The Bertz CT molecular complexity index is 320. The van der Waals surface area contributed by atoms with Crippen LogP contribution in [-0.2, 0) is 9.53 Å². The Balaban J connectivity index is 4.21. The molecule has 0 aliphatic heterocycles. The molecular weight excluding hydrogens is 236 g/mol. The summed E-state index contributed by atoms with van der Waals surface area (Å²) >= 11 is 0. The maximum Gasteiger partial charge on any atom is 0.302 e. The molecule has 0 aliphatic rings. The molecule has 0 aliphatic carbocycles. The van der Waals surface area contributed by atoms with E-state index in [1.165, 1.54) is 18.1 Å². The summed E-state index contributed by atoms with van der Waals surface area (Å²) in [5.74, 6) is 0.963. The van der Waals surface area contributed by atoms with E-state index in [0.29, 0.717) is 18.4 Å². The third-order valence-corrected chi connectivity index (χ3v) is 3.19. The summed E-state index contributed by atoms with van der Waals surface area (Å²) in [5, 5.41) is 0. The van der Waals surface area contributed by atoms with Gasteiger partial charge in [0.1, 0.15) is 0 Å². The van der Waals surface area contributed by atoms with Crippen molar-refractivity contribution in [3.05, 3.63) is 23.3 Å². The molecule has 0 saturated carbocycles. The Kier molecular flexibility index (Phi) is 9.28. The highest BCUT2D eigenvalue weighted by Gasteiger charge is 2.05. The van der Waals surface area contributed by atoms with E-state index in [0.717, 1.165) is 19.3 Å². The first-order valence-corrected chi connectivity index (χ1v) is 7.28. The molecule has 0 amide bonds. The van der Waals surface area contributed by atoms with E-state index in [1.807, 2.05) is 0 Å². The Morgan fingerprint density at radius 3 is 2.21 bits per heavy atom. The number of ether oxygens (including phenoxy) is 1. The summed E-state index contributed by atoms with van der Waals surface area (Å²) in [7, 11) is 0. The number of carbonyl (C=O) groups is 1. The first-order valence-electron chi connectivity index (χ1n) is 7.28. The largest absolute Gasteiger partial charge is 0.466 e. The smallest absolute Gasteiger partial charge is 0.302 e. The number of hydrogen-bond donors (Lipinski definition) is 0. The SMILES string of the molecule is CC(=O)OCC[C@H](C)C/C=C(/CC=C(C)C)C(C)C. The molecular formula is C17H30O2. The van der Waals surface area contributed by atoms with E-state index in [1.54, 1.807) is 0 Å². The number of rotatable bonds is 8. The summed E-state index contributed by atoms with van der Waals surface area (Å²) in [4.78, 5) is 10.7. The van der Waals surface area contributed by atoms with E-state index in [2.05, 4.69) is 46.8 Å². The second kappa shape index (κ2) is 9.82. The van der Waals surface area contributed by atoms with Crippen molar-refractivity contribution in [3.63, 3.8) is 0 Å². The molecule has 0 saturated heterocycles. The zero-order valence-corrected chi connectivity index (χ0v) is 13.5. The van der Waals surface area contributed by atoms with Crippen molar-refractivity contribution in [2.45, 2.75) is 60.8 Å². The van der Waals surface area contributed by atoms with Gasteiger partial charge >= 0.3 is 5.97 Å². The van der Waals surface area contributed by atoms with Crippen molar-refractivity contribution in [2.75, 3.05) is 6.61 Å². The molecule has 0 bridgehead atoms. The predicted octanol–water partition coefficient (Wildman–Crippen LogP) is 4.90. The van der Waals surface area contributed by atoms with Crippen LogP contribution in [0.25, 0.3) is 0 Å². The molecule has 0 radical (unpaired) electrons. The molecule has 110 valence electrons. The van der Waals surface area contributed by atoms with Crippen molar-refractivity contribution in [1.29, 1.82) is 0 Å². The molecule has 2 nitrogen and oxygen atoms in total. The minimum absolute atomic E-state index is 0.186. The van der Waals surface area contributed by atoms with Gasteiger partial charge in [0.05, 0.1) is 6.61 Å². The Morgan fingerprint density at radius 2 is 1.74 bits per heavy atom. The first-order chi connectivity index (χ1) is 8.82. The molecule has 2 heteroatoms. The van der Waals surface area contributed by atoms with Gasteiger partial charge in [-0.2, -0.15) is 0 Å². The fourth-order valence-corrected chi connectivity index (χ4v) is 1.75. The van der Waals surface area contributed by atoms with Crippen LogP contribution < -0.4 is 0 Å². The molecule has 1 atom stereocenters. The molecule has 19 heavy (non-hydrogen) atoms. The standard InChI is InChI=1S/C17H30O2/c1-13(2)7-9-17(14(3)4)10-8-15(5)11-12-19-16(6)18/h7,10,14-15H,8-9,11-12H2,1-6H3/b17-10-/t15-/m1/s1. The van der Waals surface area contributed by atoms with Gasteiger partial charge in [0.2, 0.25) is 0 Å². The summed E-state index contributed by atoms with van der Waals surface area (Å²) in [5.41, 5.74) is 2.87. The Hall–Kier alpha value is -1.05. The van der Waals surface area contributed by atoms with E-state index < -0.39 is 0 Å². The second-order valence-corrected chi connectivity index (χ2v) is 5.89. The van der Waals surface area contributed by atoms with Gasteiger partial charge in [-0.1, -0.05) is 44.1 Å². The fourth-order valence-electron chi connectivity index (χ4n) is 1.75. The average molecular weight is 266 g/mol. The first kappa shape index (κ1) is 17.9. The lowest BCUT2D eigenvalue weighted by Gasteiger charge is -2.13. The van der Waals surface area contributed by atoms with Crippen molar-refractivity contribution in [2.24, 2.45) is 11.8 Å². The lowest BCUT2D eigenvalue weighted by Crippen LogP contribution is -2.05. The van der Waals surface area contributed by atoms with E-state index in [4.69, 9.17) is 4.74 Å². The molecule has 0 aromatic rings. The van der Waals surface area contributed by atoms with Gasteiger partial charge in [0.25, 0.3) is 0 Å². The van der Waals surface area contributed by atoms with Crippen LogP contribution in [0.5, 0.6) is 0 Å². The van der Waals surface area contributed by atoms with Crippen LogP contribution in [-0.4, -0.2) is 12.6 Å². The lowest BCUT2D eigenvalue weighted by molar-refractivity contribution is -0.141. The number of carbonyl (C=O) groups excluding carboxylic acids is 1. The molecule has 0 N–H and O–H groups in total. The van der Waals surface area contributed by atoms with E-state index >= 15 is 0 Å². The van der Waals surface area contributed by atoms with Gasteiger partial charge in [0, 0.05) is 6.92 Å². The van der Waals surface area contributed by atoms with Crippen LogP contribution in [0.2, 0.25) is 0 Å². The third-order valence-electron chi connectivity index (χ3n) is 3.19. The summed E-state index contributed by atoms with van der Waals surface area (Å²) in [6.45, 7) is 13.0. The van der Waals surface area contributed by atoms with Gasteiger partial charge in [-0.3, -0.25) is 4.79 Å².